The zero-order valence-corrected chi connectivity index (χ0v) is 15.2. The Hall–Kier alpha value is -3.25. The van der Waals surface area contributed by atoms with E-state index in [4.69, 9.17) is 16.3 Å². The van der Waals surface area contributed by atoms with Crippen molar-refractivity contribution in [2.24, 2.45) is 0 Å². The highest BCUT2D eigenvalue weighted by Gasteiger charge is 2.17. The number of carbonyl (C=O) groups is 2. The maximum atomic E-state index is 12.1. The summed E-state index contributed by atoms with van der Waals surface area (Å²) in [6.07, 6.45) is 3.21. The molecular formula is C20H16ClN3O3. The third kappa shape index (κ3) is 5.12. The number of aromatic nitrogens is 2. The second-order valence-electron chi connectivity index (χ2n) is 5.69. The second kappa shape index (κ2) is 8.42. The lowest BCUT2D eigenvalue weighted by molar-refractivity contribution is -0.148. The zero-order chi connectivity index (χ0) is 19.2. The van der Waals surface area contributed by atoms with Gasteiger partial charge >= 0.3 is 5.97 Å². The summed E-state index contributed by atoms with van der Waals surface area (Å²) in [7, 11) is 0. The van der Waals surface area contributed by atoms with Gasteiger partial charge in [0.05, 0.1) is 16.2 Å². The molecule has 0 spiro atoms. The SMILES string of the molecule is CC(OC(=O)/C=C/c1ccc2ccccc2n1)C(=O)Nc1ccc(Cl)cn1. The van der Waals surface area contributed by atoms with Crippen molar-refractivity contribution < 1.29 is 14.3 Å². The molecule has 3 aromatic rings. The third-order valence-corrected chi connectivity index (χ3v) is 3.87. The highest BCUT2D eigenvalue weighted by Crippen LogP contribution is 2.13. The number of nitrogens with one attached hydrogen (secondary N) is 1. The van der Waals surface area contributed by atoms with E-state index in [-0.39, 0.29) is 0 Å². The highest BCUT2D eigenvalue weighted by atomic mass is 35.5. The maximum absolute atomic E-state index is 12.1. The van der Waals surface area contributed by atoms with E-state index >= 15 is 0 Å². The van der Waals surface area contributed by atoms with E-state index in [1.165, 1.54) is 19.2 Å². The Bertz CT molecular complexity index is 1000. The number of carbonyl (C=O) groups excluding carboxylic acids is 2. The van der Waals surface area contributed by atoms with Crippen LogP contribution in [0.2, 0.25) is 5.02 Å². The second-order valence-corrected chi connectivity index (χ2v) is 6.13. The van der Waals surface area contributed by atoms with Gasteiger partial charge in [0.1, 0.15) is 5.82 Å². The number of para-hydroxylation sites is 1. The van der Waals surface area contributed by atoms with Gasteiger partial charge in [0.15, 0.2) is 6.10 Å². The van der Waals surface area contributed by atoms with E-state index in [0.29, 0.717) is 16.5 Å². The minimum Gasteiger partial charge on any atom is -0.449 e. The Balaban J connectivity index is 1.57. The van der Waals surface area contributed by atoms with Crippen LogP contribution in [0, 0.1) is 0 Å². The van der Waals surface area contributed by atoms with E-state index < -0.39 is 18.0 Å². The van der Waals surface area contributed by atoms with Crippen molar-refractivity contribution >= 4 is 46.3 Å². The lowest BCUT2D eigenvalue weighted by Gasteiger charge is -2.11. The summed E-state index contributed by atoms with van der Waals surface area (Å²) < 4.78 is 5.10. The molecule has 136 valence electrons. The van der Waals surface area contributed by atoms with Crippen molar-refractivity contribution in [1.82, 2.24) is 9.97 Å². The minimum absolute atomic E-state index is 0.322. The summed E-state index contributed by atoms with van der Waals surface area (Å²) in [5.74, 6) is -0.810. The van der Waals surface area contributed by atoms with E-state index in [1.54, 1.807) is 24.3 Å². The molecule has 0 aliphatic carbocycles. The van der Waals surface area contributed by atoms with Crippen LogP contribution < -0.4 is 5.32 Å². The molecule has 27 heavy (non-hydrogen) atoms. The van der Waals surface area contributed by atoms with Crippen LogP contribution in [0.5, 0.6) is 0 Å². The number of hydrogen-bond acceptors (Lipinski definition) is 5. The fourth-order valence-electron chi connectivity index (χ4n) is 2.27. The van der Waals surface area contributed by atoms with Gasteiger partial charge in [-0.3, -0.25) is 4.79 Å². The molecule has 0 saturated carbocycles. The highest BCUT2D eigenvalue weighted by molar-refractivity contribution is 6.30. The molecule has 0 saturated heterocycles. The van der Waals surface area contributed by atoms with Crippen LogP contribution in [-0.2, 0) is 14.3 Å². The Morgan fingerprint density at radius 2 is 1.96 bits per heavy atom. The first-order chi connectivity index (χ1) is 13.0. The Morgan fingerprint density at radius 3 is 2.74 bits per heavy atom. The van der Waals surface area contributed by atoms with Gasteiger partial charge in [-0.25, -0.2) is 14.8 Å². The van der Waals surface area contributed by atoms with Gasteiger partial charge in [0.25, 0.3) is 5.91 Å². The van der Waals surface area contributed by atoms with Gasteiger partial charge in [-0.05, 0) is 37.3 Å². The first-order valence-corrected chi connectivity index (χ1v) is 8.56. The van der Waals surface area contributed by atoms with Gasteiger partial charge in [-0.2, -0.15) is 0 Å². The molecule has 0 fully saturated rings. The predicted molar refractivity (Wildman–Crippen MR) is 104 cm³/mol. The van der Waals surface area contributed by atoms with Gasteiger partial charge in [0.2, 0.25) is 0 Å². The molecule has 7 heteroatoms. The molecule has 1 unspecified atom stereocenters. The topological polar surface area (TPSA) is 81.2 Å². The van der Waals surface area contributed by atoms with Crippen LogP contribution in [-0.4, -0.2) is 27.9 Å². The van der Waals surface area contributed by atoms with Crippen molar-refractivity contribution in [2.75, 3.05) is 5.32 Å². The first kappa shape index (κ1) is 18.5. The zero-order valence-electron chi connectivity index (χ0n) is 14.4. The number of anilines is 1. The number of benzene rings is 1. The minimum atomic E-state index is -0.982. The van der Waals surface area contributed by atoms with Crippen molar-refractivity contribution in [3.63, 3.8) is 0 Å². The smallest absolute Gasteiger partial charge is 0.331 e. The average molecular weight is 382 g/mol. The molecule has 0 aliphatic rings. The number of rotatable bonds is 5. The average Bonchev–Trinajstić information content (AvgIpc) is 2.68. The molecule has 1 atom stereocenters. The molecule has 2 aromatic heterocycles. The normalized spacial score (nSPS) is 12.1. The quantitative estimate of drug-likeness (QED) is 0.536. The molecule has 1 aromatic carbocycles. The lowest BCUT2D eigenvalue weighted by Crippen LogP contribution is -2.29. The van der Waals surface area contributed by atoms with Gasteiger partial charge in [0, 0.05) is 17.7 Å². The van der Waals surface area contributed by atoms with Crippen molar-refractivity contribution in [2.45, 2.75) is 13.0 Å². The number of pyridine rings is 2. The van der Waals surface area contributed by atoms with E-state index in [1.807, 2.05) is 30.3 Å². The molecular weight excluding hydrogens is 366 g/mol. The molecule has 2 heterocycles. The van der Waals surface area contributed by atoms with Crippen LogP contribution in [0.1, 0.15) is 12.6 Å². The largest absolute Gasteiger partial charge is 0.449 e. The number of ether oxygens (including phenoxy) is 1. The summed E-state index contributed by atoms with van der Waals surface area (Å²) in [5, 5.41) is 4.02. The summed E-state index contributed by atoms with van der Waals surface area (Å²) in [6, 6.07) is 14.6. The van der Waals surface area contributed by atoms with Crippen molar-refractivity contribution in [3.8, 4) is 0 Å². The van der Waals surface area contributed by atoms with Crippen LogP contribution >= 0.6 is 11.6 Å². The van der Waals surface area contributed by atoms with Crippen LogP contribution in [0.4, 0.5) is 5.82 Å². The molecule has 3 rings (SSSR count). The number of hydrogen-bond donors (Lipinski definition) is 1. The summed E-state index contributed by atoms with van der Waals surface area (Å²) in [5.41, 5.74) is 1.45. The monoisotopic (exact) mass is 381 g/mol. The molecule has 0 bridgehead atoms. The predicted octanol–water partition coefficient (Wildman–Crippen LogP) is 3.87. The summed E-state index contributed by atoms with van der Waals surface area (Å²) >= 11 is 5.74. The number of esters is 1. The molecule has 0 aliphatic heterocycles. The van der Waals surface area contributed by atoms with Crippen LogP contribution in [0.15, 0.2) is 60.8 Å². The number of nitrogens with zero attached hydrogens (tertiary/aromatic N) is 2. The third-order valence-electron chi connectivity index (χ3n) is 3.65. The van der Waals surface area contributed by atoms with Crippen molar-refractivity contribution in [3.05, 3.63) is 71.5 Å². The Labute approximate surface area is 160 Å². The molecule has 0 radical (unpaired) electrons. The van der Waals surface area contributed by atoms with Gasteiger partial charge in [-0.15, -0.1) is 0 Å². The first-order valence-electron chi connectivity index (χ1n) is 8.18. The van der Waals surface area contributed by atoms with E-state index in [2.05, 4.69) is 15.3 Å². The fraction of sp³-hybridized carbons (Fsp3) is 0.100. The molecule has 6 nitrogen and oxygen atoms in total. The summed E-state index contributed by atoms with van der Waals surface area (Å²) in [4.78, 5) is 32.4. The molecule has 1 N–H and O–H groups in total. The van der Waals surface area contributed by atoms with Gasteiger partial charge < -0.3 is 10.1 Å². The maximum Gasteiger partial charge on any atom is 0.331 e. The van der Waals surface area contributed by atoms with E-state index in [0.717, 1.165) is 10.9 Å². The summed E-state index contributed by atoms with van der Waals surface area (Å²) in [6.45, 7) is 1.48. The van der Waals surface area contributed by atoms with E-state index in [9.17, 15) is 9.59 Å². The van der Waals surface area contributed by atoms with Crippen molar-refractivity contribution in [1.29, 1.82) is 0 Å². The number of amides is 1. The van der Waals surface area contributed by atoms with Crippen LogP contribution in [0.25, 0.3) is 17.0 Å². The standard InChI is InChI=1S/C20H16ClN3O3/c1-13(20(26)24-18-10-7-15(21)12-22-18)27-19(25)11-9-16-8-6-14-4-2-3-5-17(14)23-16/h2-13H,1H3,(H,22,24,26)/b11-9+. The lowest BCUT2D eigenvalue weighted by atomic mass is 10.2. The molecule has 1 amide bonds. The Kier molecular flexibility index (Phi) is 5.78. The van der Waals surface area contributed by atoms with Gasteiger partial charge in [-0.1, -0.05) is 35.9 Å². The number of halogens is 1. The number of fused-ring (bicyclic) bond motifs is 1. The van der Waals surface area contributed by atoms with Crippen LogP contribution in [0.3, 0.4) is 0 Å². The Morgan fingerprint density at radius 1 is 1.15 bits per heavy atom. The fourth-order valence-corrected chi connectivity index (χ4v) is 2.38.